The zero-order valence-corrected chi connectivity index (χ0v) is 11.5. The second-order valence-corrected chi connectivity index (χ2v) is 5.28. The molecule has 1 aromatic rings. The van der Waals surface area contributed by atoms with E-state index < -0.39 is 0 Å². The lowest BCUT2D eigenvalue weighted by molar-refractivity contribution is 0.288. The fourth-order valence-electron chi connectivity index (χ4n) is 2.57. The van der Waals surface area contributed by atoms with Crippen LogP contribution in [0.25, 0.3) is 0 Å². The van der Waals surface area contributed by atoms with Crippen molar-refractivity contribution >= 4 is 0 Å². The highest BCUT2D eigenvalue weighted by Gasteiger charge is 2.13. The molecule has 1 aromatic carbocycles. The third-order valence-electron chi connectivity index (χ3n) is 3.73. The van der Waals surface area contributed by atoms with Gasteiger partial charge in [0.1, 0.15) is 5.75 Å². The van der Waals surface area contributed by atoms with Crippen LogP contribution < -0.4 is 10.5 Å². The van der Waals surface area contributed by atoms with Gasteiger partial charge in [-0.3, -0.25) is 0 Å². The maximum Gasteiger partial charge on any atom is 0.122 e. The first-order valence-corrected chi connectivity index (χ1v) is 7.32. The number of hydrogen-bond donors (Lipinski definition) is 1. The van der Waals surface area contributed by atoms with Crippen LogP contribution in [0.15, 0.2) is 18.2 Å². The van der Waals surface area contributed by atoms with Gasteiger partial charge >= 0.3 is 0 Å². The maximum absolute atomic E-state index is 6.27. The fraction of sp³-hybridized carbons (Fsp3) is 0.625. The fourth-order valence-corrected chi connectivity index (χ4v) is 2.57. The van der Waals surface area contributed by atoms with Crippen molar-refractivity contribution in [3.8, 4) is 5.75 Å². The van der Waals surface area contributed by atoms with Crippen LogP contribution in [-0.2, 0) is 6.42 Å². The highest BCUT2D eigenvalue weighted by Crippen LogP contribution is 2.28. The van der Waals surface area contributed by atoms with E-state index in [1.807, 2.05) is 0 Å². The number of aryl methyl sites for hydroxylation is 1. The Morgan fingerprint density at radius 3 is 3.00 bits per heavy atom. The molecular formula is C16H25NO. The average molecular weight is 247 g/mol. The van der Waals surface area contributed by atoms with Crippen molar-refractivity contribution in [2.24, 2.45) is 5.73 Å². The monoisotopic (exact) mass is 247 g/mol. The molecule has 0 spiro atoms. The van der Waals surface area contributed by atoms with Gasteiger partial charge in [-0.1, -0.05) is 44.7 Å². The summed E-state index contributed by atoms with van der Waals surface area (Å²) in [5.74, 6) is 1.06. The zero-order valence-electron chi connectivity index (χ0n) is 11.5. The average Bonchev–Trinajstić information content (AvgIpc) is 2.43. The summed E-state index contributed by atoms with van der Waals surface area (Å²) in [6.07, 6.45) is 8.50. The van der Waals surface area contributed by atoms with E-state index in [1.165, 1.54) is 36.8 Å². The number of unbranched alkanes of at least 4 members (excludes halogenated alkanes) is 3. The molecule has 2 N–H and O–H groups in total. The number of ether oxygens (including phenoxy) is 1. The van der Waals surface area contributed by atoms with Crippen molar-refractivity contribution < 1.29 is 4.74 Å². The second-order valence-electron chi connectivity index (χ2n) is 5.28. The van der Waals surface area contributed by atoms with E-state index >= 15 is 0 Å². The van der Waals surface area contributed by atoms with E-state index in [0.717, 1.165) is 31.6 Å². The summed E-state index contributed by atoms with van der Waals surface area (Å²) in [5, 5.41) is 0. The smallest absolute Gasteiger partial charge is 0.122 e. The third-order valence-corrected chi connectivity index (χ3v) is 3.73. The van der Waals surface area contributed by atoms with E-state index in [2.05, 4.69) is 25.1 Å². The molecule has 18 heavy (non-hydrogen) atoms. The van der Waals surface area contributed by atoms with Gasteiger partial charge in [0.15, 0.2) is 0 Å². The van der Waals surface area contributed by atoms with Gasteiger partial charge in [-0.15, -0.1) is 0 Å². The molecule has 0 amide bonds. The van der Waals surface area contributed by atoms with E-state index in [0.29, 0.717) is 0 Å². The lowest BCUT2D eigenvalue weighted by atomic mass is 9.96. The van der Waals surface area contributed by atoms with E-state index in [-0.39, 0.29) is 6.04 Å². The molecule has 1 heterocycles. The van der Waals surface area contributed by atoms with Crippen molar-refractivity contribution in [2.45, 2.75) is 57.9 Å². The Bertz CT molecular complexity index is 375. The van der Waals surface area contributed by atoms with Crippen LogP contribution in [0.4, 0.5) is 0 Å². The maximum atomic E-state index is 6.27. The zero-order chi connectivity index (χ0) is 12.8. The normalized spacial score (nSPS) is 15.9. The molecule has 0 bridgehead atoms. The molecular weight excluding hydrogens is 222 g/mol. The molecule has 1 aliphatic heterocycles. The summed E-state index contributed by atoms with van der Waals surface area (Å²) in [4.78, 5) is 0. The molecule has 0 fully saturated rings. The van der Waals surface area contributed by atoms with Crippen molar-refractivity contribution in [1.29, 1.82) is 0 Å². The number of hydrogen-bond acceptors (Lipinski definition) is 2. The Labute approximate surface area is 111 Å². The third kappa shape index (κ3) is 3.49. The lowest BCUT2D eigenvalue weighted by Crippen LogP contribution is -2.13. The van der Waals surface area contributed by atoms with Crippen LogP contribution in [0, 0.1) is 0 Å². The molecule has 0 saturated heterocycles. The van der Waals surface area contributed by atoms with Gasteiger partial charge in [-0.25, -0.2) is 0 Å². The Balaban J connectivity index is 1.91. The minimum atomic E-state index is 0.189. The first-order valence-electron chi connectivity index (χ1n) is 7.32. The van der Waals surface area contributed by atoms with Gasteiger partial charge in [0.05, 0.1) is 6.61 Å². The molecule has 100 valence electrons. The second kappa shape index (κ2) is 6.79. The molecule has 0 saturated carbocycles. The van der Waals surface area contributed by atoms with Crippen LogP contribution >= 0.6 is 0 Å². The molecule has 0 aromatic heterocycles. The highest BCUT2D eigenvalue weighted by atomic mass is 16.5. The van der Waals surface area contributed by atoms with Gasteiger partial charge in [0, 0.05) is 6.04 Å². The predicted molar refractivity (Wildman–Crippen MR) is 75.9 cm³/mol. The van der Waals surface area contributed by atoms with Gasteiger partial charge < -0.3 is 10.5 Å². The molecule has 0 aliphatic carbocycles. The van der Waals surface area contributed by atoms with Crippen molar-refractivity contribution in [3.05, 3.63) is 29.3 Å². The van der Waals surface area contributed by atoms with Gasteiger partial charge in [0.25, 0.3) is 0 Å². The SMILES string of the molecule is CCCCCCC(N)c1ccc2c(c1)CCCO2. The quantitative estimate of drug-likeness (QED) is 0.772. The van der Waals surface area contributed by atoms with Crippen LogP contribution in [0.3, 0.4) is 0 Å². The van der Waals surface area contributed by atoms with Gasteiger partial charge in [-0.05, 0) is 36.5 Å². The minimum Gasteiger partial charge on any atom is -0.493 e. The molecule has 2 nitrogen and oxygen atoms in total. The largest absolute Gasteiger partial charge is 0.493 e. The summed E-state index contributed by atoms with van der Waals surface area (Å²) >= 11 is 0. The molecule has 2 rings (SSSR count). The number of nitrogens with two attached hydrogens (primary N) is 1. The van der Waals surface area contributed by atoms with E-state index in [1.54, 1.807) is 0 Å². The first-order chi connectivity index (χ1) is 8.81. The van der Waals surface area contributed by atoms with Crippen molar-refractivity contribution in [1.82, 2.24) is 0 Å². The Kier molecular flexibility index (Phi) is 5.06. The molecule has 2 heteroatoms. The summed E-state index contributed by atoms with van der Waals surface area (Å²) in [7, 11) is 0. The lowest BCUT2D eigenvalue weighted by Gasteiger charge is -2.20. The summed E-state index contributed by atoms with van der Waals surface area (Å²) in [5.41, 5.74) is 8.88. The van der Waals surface area contributed by atoms with Crippen molar-refractivity contribution in [3.63, 3.8) is 0 Å². The van der Waals surface area contributed by atoms with Gasteiger partial charge in [0.2, 0.25) is 0 Å². The number of fused-ring (bicyclic) bond motifs is 1. The summed E-state index contributed by atoms with van der Waals surface area (Å²) in [6, 6.07) is 6.66. The van der Waals surface area contributed by atoms with E-state index in [4.69, 9.17) is 10.5 Å². The van der Waals surface area contributed by atoms with Crippen LogP contribution in [0.1, 0.15) is 62.6 Å². The first kappa shape index (κ1) is 13.4. The Morgan fingerprint density at radius 1 is 1.28 bits per heavy atom. The number of rotatable bonds is 6. The minimum absolute atomic E-state index is 0.189. The Hall–Kier alpha value is -1.02. The molecule has 0 radical (unpaired) electrons. The van der Waals surface area contributed by atoms with E-state index in [9.17, 15) is 0 Å². The van der Waals surface area contributed by atoms with Gasteiger partial charge in [-0.2, -0.15) is 0 Å². The summed E-state index contributed by atoms with van der Waals surface area (Å²) in [6.45, 7) is 3.10. The topological polar surface area (TPSA) is 35.2 Å². The van der Waals surface area contributed by atoms with Crippen molar-refractivity contribution in [2.75, 3.05) is 6.61 Å². The summed E-state index contributed by atoms with van der Waals surface area (Å²) < 4.78 is 5.63. The number of benzene rings is 1. The highest BCUT2D eigenvalue weighted by molar-refractivity contribution is 5.39. The van der Waals surface area contributed by atoms with Crippen LogP contribution in [0.5, 0.6) is 5.75 Å². The molecule has 1 unspecified atom stereocenters. The molecule has 1 aliphatic rings. The standard InChI is InChI=1S/C16H25NO/c1-2-3-4-5-8-15(17)13-9-10-16-14(12-13)7-6-11-18-16/h9-10,12,15H,2-8,11,17H2,1H3. The van der Waals surface area contributed by atoms with Crippen LogP contribution in [0.2, 0.25) is 0 Å². The molecule has 1 atom stereocenters. The Morgan fingerprint density at radius 2 is 2.17 bits per heavy atom. The predicted octanol–water partition coefficient (Wildman–Crippen LogP) is 3.98. The van der Waals surface area contributed by atoms with Crippen LogP contribution in [-0.4, -0.2) is 6.61 Å².